The SMILES string of the molecule is COC(=O)CN(Cc1cc(OC)cc(OC)c1)C(=O)c1ccc(-n2cncn2)cc1. The lowest BCUT2D eigenvalue weighted by Gasteiger charge is -2.22. The van der Waals surface area contributed by atoms with Crippen molar-refractivity contribution in [1.29, 1.82) is 0 Å². The molecule has 0 N–H and O–H groups in total. The van der Waals surface area contributed by atoms with E-state index in [0.717, 1.165) is 11.3 Å². The number of carbonyl (C=O) groups excluding carboxylic acids is 2. The molecule has 0 bridgehead atoms. The summed E-state index contributed by atoms with van der Waals surface area (Å²) in [5.41, 5.74) is 1.95. The highest BCUT2D eigenvalue weighted by molar-refractivity contribution is 5.96. The van der Waals surface area contributed by atoms with E-state index in [-0.39, 0.29) is 19.0 Å². The number of benzene rings is 2. The zero-order valence-electron chi connectivity index (χ0n) is 16.9. The molecule has 0 aliphatic heterocycles. The fourth-order valence-electron chi connectivity index (χ4n) is 2.88. The minimum Gasteiger partial charge on any atom is -0.497 e. The summed E-state index contributed by atoms with van der Waals surface area (Å²) in [5, 5.41) is 4.06. The Morgan fingerprint density at radius 1 is 1.00 bits per heavy atom. The van der Waals surface area contributed by atoms with Gasteiger partial charge in [-0.25, -0.2) is 9.67 Å². The number of rotatable bonds is 8. The van der Waals surface area contributed by atoms with Gasteiger partial charge in [-0.15, -0.1) is 0 Å². The first-order chi connectivity index (χ1) is 14.5. The fraction of sp³-hybridized carbons (Fsp3) is 0.238. The Labute approximate surface area is 173 Å². The Bertz CT molecular complexity index is 980. The lowest BCUT2D eigenvalue weighted by molar-refractivity contribution is -0.141. The number of hydrogen-bond acceptors (Lipinski definition) is 7. The van der Waals surface area contributed by atoms with E-state index in [1.807, 2.05) is 0 Å². The third kappa shape index (κ3) is 4.93. The van der Waals surface area contributed by atoms with Crippen molar-refractivity contribution in [3.05, 3.63) is 66.2 Å². The zero-order chi connectivity index (χ0) is 21.5. The minimum atomic E-state index is -0.516. The summed E-state index contributed by atoms with van der Waals surface area (Å²) in [6.07, 6.45) is 3.00. The van der Waals surface area contributed by atoms with E-state index >= 15 is 0 Å². The van der Waals surface area contributed by atoms with Crippen LogP contribution in [-0.2, 0) is 16.1 Å². The first kappa shape index (κ1) is 20.8. The van der Waals surface area contributed by atoms with Crippen molar-refractivity contribution in [3.8, 4) is 17.2 Å². The van der Waals surface area contributed by atoms with E-state index < -0.39 is 5.97 Å². The topological polar surface area (TPSA) is 95.8 Å². The van der Waals surface area contributed by atoms with Crippen molar-refractivity contribution in [2.24, 2.45) is 0 Å². The predicted octanol–water partition coefficient (Wildman–Crippen LogP) is 2.10. The molecule has 0 radical (unpaired) electrons. The molecular formula is C21H22N4O5. The van der Waals surface area contributed by atoms with Crippen molar-refractivity contribution in [3.63, 3.8) is 0 Å². The zero-order valence-corrected chi connectivity index (χ0v) is 16.9. The van der Waals surface area contributed by atoms with E-state index in [2.05, 4.69) is 10.1 Å². The van der Waals surface area contributed by atoms with Crippen molar-refractivity contribution in [2.45, 2.75) is 6.54 Å². The van der Waals surface area contributed by atoms with Crippen molar-refractivity contribution in [2.75, 3.05) is 27.9 Å². The number of aromatic nitrogens is 3. The van der Waals surface area contributed by atoms with Gasteiger partial charge in [-0.05, 0) is 42.0 Å². The lowest BCUT2D eigenvalue weighted by Crippen LogP contribution is -2.35. The van der Waals surface area contributed by atoms with Crippen molar-refractivity contribution >= 4 is 11.9 Å². The Morgan fingerprint density at radius 2 is 1.67 bits per heavy atom. The number of carbonyl (C=O) groups is 2. The molecule has 0 aliphatic rings. The van der Waals surface area contributed by atoms with Crippen LogP contribution in [0.25, 0.3) is 5.69 Å². The third-order valence-electron chi connectivity index (χ3n) is 4.42. The third-order valence-corrected chi connectivity index (χ3v) is 4.42. The van der Waals surface area contributed by atoms with E-state index in [1.54, 1.807) is 67.7 Å². The fourth-order valence-corrected chi connectivity index (χ4v) is 2.88. The number of amides is 1. The monoisotopic (exact) mass is 410 g/mol. The Morgan fingerprint density at radius 3 is 2.20 bits per heavy atom. The molecule has 9 heteroatoms. The summed E-state index contributed by atoms with van der Waals surface area (Å²) >= 11 is 0. The van der Waals surface area contributed by atoms with Crippen LogP contribution in [0, 0.1) is 0 Å². The van der Waals surface area contributed by atoms with E-state index in [9.17, 15) is 9.59 Å². The molecule has 0 saturated heterocycles. The highest BCUT2D eigenvalue weighted by Gasteiger charge is 2.20. The summed E-state index contributed by atoms with van der Waals surface area (Å²) in [7, 11) is 4.38. The largest absolute Gasteiger partial charge is 0.497 e. The van der Waals surface area contributed by atoms with Crippen LogP contribution in [0.3, 0.4) is 0 Å². The summed E-state index contributed by atoms with van der Waals surface area (Å²) in [6, 6.07) is 12.2. The van der Waals surface area contributed by atoms with Gasteiger partial charge in [0.2, 0.25) is 0 Å². The van der Waals surface area contributed by atoms with Crippen molar-refractivity contribution in [1.82, 2.24) is 19.7 Å². The van der Waals surface area contributed by atoms with Crippen LogP contribution in [-0.4, -0.2) is 59.4 Å². The Balaban J connectivity index is 1.86. The average Bonchev–Trinajstić information content (AvgIpc) is 3.32. The standard InChI is InChI=1S/C21H22N4O5/c1-28-18-8-15(9-19(10-18)29-2)11-24(12-20(26)30-3)21(27)16-4-6-17(7-5-16)25-14-22-13-23-25/h4-10,13-14H,11-12H2,1-3H3. The van der Waals surface area contributed by atoms with Crippen LogP contribution in [0.15, 0.2) is 55.1 Å². The summed E-state index contributed by atoms with van der Waals surface area (Å²) in [4.78, 5) is 30.4. The van der Waals surface area contributed by atoms with Gasteiger partial charge in [-0.3, -0.25) is 9.59 Å². The van der Waals surface area contributed by atoms with Gasteiger partial charge < -0.3 is 19.1 Å². The van der Waals surface area contributed by atoms with Crippen LogP contribution in [0.4, 0.5) is 0 Å². The van der Waals surface area contributed by atoms with Crippen LogP contribution in [0.1, 0.15) is 15.9 Å². The van der Waals surface area contributed by atoms with Crippen LogP contribution >= 0.6 is 0 Å². The molecule has 1 heterocycles. The van der Waals surface area contributed by atoms with Crippen LogP contribution in [0.5, 0.6) is 11.5 Å². The van der Waals surface area contributed by atoms with E-state index in [0.29, 0.717) is 17.1 Å². The molecule has 0 atom stereocenters. The Kier molecular flexibility index (Phi) is 6.63. The van der Waals surface area contributed by atoms with Gasteiger partial charge in [-0.1, -0.05) is 0 Å². The molecule has 30 heavy (non-hydrogen) atoms. The second kappa shape index (κ2) is 9.55. The predicted molar refractivity (Wildman–Crippen MR) is 108 cm³/mol. The molecule has 3 rings (SSSR count). The van der Waals surface area contributed by atoms with Gasteiger partial charge in [0.15, 0.2) is 0 Å². The summed E-state index contributed by atoms with van der Waals surface area (Å²) < 4.78 is 16.9. The number of methoxy groups -OCH3 is 3. The molecule has 0 aliphatic carbocycles. The number of esters is 1. The maximum Gasteiger partial charge on any atom is 0.325 e. The van der Waals surface area contributed by atoms with Gasteiger partial charge in [0, 0.05) is 18.2 Å². The highest BCUT2D eigenvalue weighted by Crippen LogP contribution is 2.24. The molecule has 156 valence electrons. The van der Waals surface area contributed by atoms with Gasteiger partial charge >= 0.3 is 5.97 Å². The first-order valence-electron chi connectivity index (χ1n) is 9.07. The summed E-state index contributed by atoms with van der Waals surface area (Å²) in [6.45, 7) is -0.0218. The van der Waals surface area contributed by atoms with Crippen molar-refractivity contribution < 1.29 is 23.8 Å². The normalized spacial score (nSPS) is 10.4. The molecule has 1 aromatic heterocycles. The van der Waals surface area contributed by atoms with Gasteiger partial charge in [0.25, 0.3) is 5.91 Å². The van der Waals surface area contributed by atoms with Crippen LogP contribution < -0.4 is 9.47 Å². The molecule has 2 aromatic carbocycles. The molecule has 1 amide bonds. The summed E-state index contributed by atoms with van der Waals surface area (Å²) in [5.74, 6) is 0.351. The molecule has 0 unspecified atom stereocenters. The second-order valence-corrected chi connectivity index (χ2v) is 6.35. The number of ether oxygens (including phenoxy) is 3. The quantitative estimate of drug-likeness (QED) is 0.525. The number of nitrogens with zero attached hydrogens (tertiary/aromatic N) is 4. The molecule has 0 spiro atoms. The number of hydrogen-bond donors (Lipinski definition) is 0. The average molecular weight is 410 g/mol. The highest BCUT2D eigenvalue weighted by atomic mass is 16.5. The van der Waals surface area contributed by atoms with Crippen LogP contribution in [0.2, 0.25) is 0 Å². The molecule has 0 saturated carbocycles. The maximum atomic E-state index is 13.1. The minimum absolute atomic E-state index is 0.173. The molecular weight excluding hydrogens is 388 g/mol. The van der Waals surface area contributed by atoms with Gasteiger partial charge in [0.1, 0.15) is 30.7 Å². The molecule has 3 aromatic rings. The lowest BCUT2D eigenvalue weighted by atomic mass is 10.1. The van der Waals surface area contributed by atoms with Gasteiger partial charge in [-0.2, -0.15) is 5.10 Å². The Hall–Kier alpha value is -3.88. The second-order valence-electron chi connectivity index (χ2n) is 6.35. The molecule has 9 nitrogen and oxygen atoms in total. The van der Waals surface area contributed by atoms with E-state index in [1.165, 1.54) is 18.3 Å². The van der Waals surface area contributed by atoms with E-state index in [4.69, 9.17) is 14.2 Å². The smallest absolute Gasteiger partial charge is 0.325 e. The first-order valence-corrected chi connectivity index (χ1v) is 9.07. The van der Waals surface area contributed by atoms with Gasteiger partial charge in [0.05, 0.1) is 27.0 Å². The maximum absolute atomic E-state index is 13.1. The molecule has 0 fully saturated rings.